The molecule has 0 bridgehead atoms. The van der Waals surface area contributed by atoms with E-state index in [1.807, 2.05) is 13.8 Å². The number of carbonyl (C=O) groups is 2. The van der Waals surface area contributed by atoms with Gasteiger partial charge in [0, 0.05) is 0 Å². The number of rotatable bonds is 4. The third kappa shape index (κ3) is 3.86. The van der Waals surface area contributed by atoms with Crippen molar-refractivity contribution in [2.24, 2.45) is 5.92 Å². The number of carbonyl (C=O) groups excluding carboxylic acids is 2. The molecule has 0 N–H and O–H groups in total. The third-order valence-electron chi connectivity index (χ3n) is 4.54. The third-order valence-corrected chi connectivity index (χ3v) is 9.09. The van der Waals surface area contributed by atoms with E-state index in [0.29, 0.717) is 0 Å². The summed E-state index contributed by atoms with van der Waals surface area (Å²) < 4.78 is 11.1. The van der Waals surface area contributed by atoms with Crippen LogP contribution in [0.25, 0.3) is 0 Å². The molecule has 0 aliphatic carbocycles. The molecule has 122 valence electrons. The molecule has 0 aromatic carbocycles. The van der Waals surface area contributed by atoms with Gasteiger partial charge in [-0.1, -0.05) is 34.6 Å². The maximum Gasteiger partial charge on any atom is 0.417 e. The van der Waals surface area contributed by atoms with Crippen LogP contribution in [0.3, 0.4) is 0 Å². The molecule has 21 heavy (non-hydrogen) atoms. The van der Waals surface area contributed by atoms with E-state index in [4.69, 9.17) is 9.16 Å². The van der Waals surface area contributed by atoms with Gasteiger partial charge in [-0.3, -0.25) is 4.79 Å². The molecule has 0 unspecified atom stereocenters. The summed E-state index contributed by atoms with van der Waals surface area (Å²) in [7, 11) is -2.05. The summed E-state index contributed by atoms with van der Waals surface area (Å²) in [6, 6.07) is -0.199. The highest BCUT2D eigenvalue weighted by atomic mass is 28.4. The Morgan fingerprint density at radius 3 is 2.29 bits per heavy atom. The van der Waals surface area contributed by atoms with E-state index in [1.54, 1.807) is 6.92 Å². The minimum Gasteiger partial charge on any atom is -0.447 e. The molecular weight excluding hydrogens is 286 g/mol. The van der Waals surface area contributed by atoms with Gasteiger partial charge in [-0.05, 0) is 31.0 Å². The number of nitrogens with zero attached hydrogens (tertiary/aromatic N) is 1. The quantitative estimate of drug-likeness (QED) is 0.746. The molecule has 2 amide bonds. The molecule has 5 nitrogen and oxygen atoms in total. The van der Waals surface area contributed by atoms with Crippen LogP contribution in [0.15, 0.2) is 0 Å². The van der Waals surface area contributed by atoms with Crippen LogP contribution in [0, 0.1) is 5.92 Å². The van der Waals surface area contributed by atoms with E-state index >= 15 is 0 Å². The molecule has 6 heteroatoms. The van der Waals surface area contributed by atoms with Gasteiger partial charge in [0.15, 0.2) is 8.32 Å². The average Bonchev–Trinajstić information content (AvgIpc) is 2.68. The van der Waals surface area contributed by atoms with Crippen LogP contribution >= 0.6 is 0 Å². The second-order valence-corrected chi connectivity index (χ2v) is 12.4. The summed E-state index contributed by atoms with van der Waals surface area (Å²) in [4.78, 5) is 25.7. The Morgan fingerprint density at radius 1 is 1.33 bits per heavy atom. The predicted molar refractivity (Wildman–Crippen MR) is 84.6 cm³/mol. The Labute approximate surface area is 129 Å². The van der Waals surface area contributed by atoms with Crippen molar-refractivity contribution in [2.75, 3.05) is 6.61 Å². The van der Waals surface area contributed by atoms with E-state index in [2.05, 4.69) is 33.9 Å². The fourth-order valence-corrected chi connectivity index (χ4v) is 3.38. The fourth-order valence-electron chi connectivity index (χ4n) is 2.05. The number of amides is 2. The summed E-state index contributed by atoms with van der Waals surface area (Å²) in [5, 5.41) is 0.0184. The molecule has 1 aliphatic heterocycles. The first-order chi connectivity index (χ1) is 9.38. The largest absolute Gasteiger partial charge is 0.447 e. The number of cyclic esters (lactones) is 1. The Hall–Kier alpha value is -0.883. The Kier molecular flexibility index (Phi) is 5.26. The number of ether oxygens (including phenoxy) is 1. The van der Waals surface area contributed by atoms with Crippen molar-refractivity contribution in [2.45, 2.75) is 71.8 Å². The maximum atomic E-state index is 12.6. The van der Waals surface area contributed by atoms with E-state index in [1.165, 1.54) is 4.90 Å². The molecule has 2 atom stereocenters. The van der Waals surface area contributed by atoms with Gasteiger partial charge < -0.3 is 9.16 Å². The van der Waals surface area contributed by atoms with Crippen LogP contribution in [0.2, 0.25) is 18.1 Å². The lowest BCUT2D eigenvalue weighted by Crippen LogP contribution is -2.51. The summed E-state index contributed by atoms with van der Waals surface area (Å²) in [6.45, 7) is 16.5. The lowest BCUT2D eigenvalue weighted by atomic mass is 10.0. The Morgan fingerprint density at radius 2 is 1.86 bits per heavy atom. The van der Waals surface area contributed by atoms with E-state index in [-0.39, 0.29) is 29.5 Å². The van der Waals surface area contributed by atoms with Gasteiger partial charge in [0.05, 0.1) is 6.04 Å². The molecule has 1 aliphatic rings. The van der Waals surface area contributed by atoms with Crippen LogP contribution in [-0.4, -0.2) is 44.0 Å². The molecule has 1 fully saturated rings. The maximum absolute atomic E-state index is 12.6. The first-order valence-corrected chi connectivity index (χ1v) is 10.5. The zero-order valence-corrected chi connectivity index (χ0v) is 15.5. The molecule has 0 radical (unpaired) electrons. The second kappa shape index (κ2) is 6.08. The van der Waals surface area contributed by atoms with E-state index in [0.717, 1.165) is 0 Å². The van der Waals surface area contributed by atoms with Crippen LogP contribution < -0.4 is 0 Å². The predicted octanol–water partition coefficient (Wildman–Crippen LogP) is 3.40. The van der Waals surface area contributed by atoms with Crippen LogP contribution in [0.5, 0.6) is 0 Å². The normalized spacial score (nSPS) is 21.7. The van der Waals surface area contributed by atoms with Gasteiger partial charge >= 0.3 is 6.09 Å². The molecule has 1 saturated heterocycles. The van der Waals surface area contributed by atoms with Crippen molar-refractivity contribution in [3.05, 3.63) is 0 Å². The highest BCUT2D eigenvalue weighted by Crippen LogP contribution is 2.37. The number of hydrogen-bond donors (Lipinski definition) is 0. The number of imide groups is 1. The number of hydrogen-bond acceptors (Lipinski definition) is 4. The van der Waals surface area contributed by atoms with E-state index in [9.17, 15) is 9.59 Å². The first kappa shape index (κ1) is 18.2. The average molecular weight is 315 g/mol. The zero-order valence-electron chi connectivity index (χ0n) is 14.5. The van der Waals surface area contributed by atoms with Crippen molar-refractivity contribution in [1.82, 2.24) is 4.90 Å². The molecular formula is C15H29NO4Si. The molecule has 1 heterocycles. The van der Waals surface area contributed by atoms with Crippen LogP contribution in [0.1, 0.15) is 41.5 Å². The first-order valence-electron chi connectivity index (χ1n) is 7.56. The van der Waals surface area contributed by atoms with Gasteiger partial charge in [-0.2, -0.15) is 0 Å². The molecule has 0 spiro atoms. The molecule has 0 saturated carbocycles. The van der Waals surface area contributed by atoms with Crippen molar-refractivity contribution in [1.29, 1.82) is 0 Å². The smallest absolute Gasteiger partial charge is 0.417 e. The van der Waals surface area contributed by atoms with Crippen molar-refractivity contribution in [3.63, 3.8) is 0 Å². The standard InChI is InChI=1S/C15H29NO4Si/c1-10(2)12-9-19-14(18)16(12)13(17)11(3)20-21(7,8)15(4,5)6/h10-12H,9H2,1-8H3/t11-,12+/m0/s1. The van der Waals surface area contributed by atoms with Gasteiger partial charge in [0.2, 0.25) is 0 Å². The van der Waals surface area contributed by atoms with Gasteiger partial charge in [-0.15, -0.1) is 0 Å². The van der Waals surface area contributed by atoms with Gasteiger partial charge in [0.25, 0.3) is 5.91 Å². The zero-order chi connectivity index (χ0) is 16.6. The monoisotopic (exact) mass is 315 g/mol. The fraction of sp³-hybridized carbons (Fsp3) is 0.867. The van der Waals surface area contributed by atoms with Crippen molar-refractivity contribution >= 4 is 20.3 Å². The summed E-state index contributed by atoms with van der Waals surface area (Å²) >= 11 is 0. The molecule has 0 aromatic rings. The molecule has 0 aromatic heterocycles. The minimum absolute atomic E-state index is 0.0184. The topological polar surface area (TPSA) is 55.8 Å². The highest BCUT2D eigenvalue weighted by molar-refractivity contribution is 6.74. The van der Waals surface area contributed by atoms with E-state index < -0.39 is 20.5 Å². The second-order valence-electron chi connectivity index (χ2n) is 7.62. The molecule has 1 rings (SSSR count). The SMILES string of the molecule is CC(C)[C@H]1COC(=O)N1C(=O)[C@H](C)O[Si](C)(C)C(C)(C)C. The summed E-state index contributed by atoms with van der Waals surface area (Å²) in [5.41, 5.74) is 0. The lowest BCUT2D eigenvalue weighted by Gasteiger charge is -2.38. The summed E-state index contributed by atoms with van der Waals surface area (Å²) in [6.07, 6.45) is -1.18. The van der Waals surface area contributed by atoms with Crippen molar-refractivity contribution in [3.8, 4) is 0 Å². The Bertz CT molecular complexity index is 414. The lowest BCUT2D eigenvalue weighted by molar-refractivity contribution is -0.136. The van der Waals surface area contributed by atoms with Crippen molar-refractivity contribution < 1.29 is 18.8 Å². The minimum atomic E-state index is -2.05. The van der Waals surface area contributed by atoms with Gasteiger partial charge in [0.1, 0.15) is 12.7 Å². The Balaban J connectivity index is 2.85. The summed E-state index contributed by atoms with van der Waals surface area (Å²) in [5.74, 6) is -0.124. The van der Waals surface area contributed by atoms with Crippen LogP contribution in [0.4, 0.5) is 4.79 Å². The van der Waals surface area contributed by atoms with Gasteiger partial charge in [-0.25, -0.2) is 9.69 Å². The highest BCUT2D eigenvalue weighted by Gasteiger charge is 2.45. The van der Waals surface area contributed by atoms with Crippen LogP contribution in [-0.2, 0) is 14.0 Å².